The van der Waals surface area contributed by atoms with Gasteiger partial charge in [0.25, 0.3) is 0 Å². The lowest BCUT2D eigenvalue weighted by Crippen LogP contribution is -2.48. The lowest BCUT2D eigenvalue weighted by Gasteiger charge is -2.35. The molecule has 0 aromatic rings. The van der Waals surface area contributed by atoms with Crippen LogP contribution in [0.5, 0.6) is 0 Å². The Bertz CT molecular complexity index is 275. The van der Waals surface area contributed by atoms with Crippen molar-refractivity contribution in [1.29, 1.82) is 5.26 Å². The van der Waals surface area contributed by atoms with Gasteiger partial charge in [-0.15, -0.1) is 0 Å². The number of rotatable bonds is 10. The first-order valence-electron chi connectivity index (χ1n) is 7.27. The molecule has 2 atom stereocenters. The maximum Gasteiger partial charge on any atom is 0.105 e. The minimum absolute atomic E-state index is 0.362. The number of nitrogens with one attached hydrogen (secondary N) is 1. The zero-order chi connectivity index (χ0) is 14.9. The molecule has 0 rings (SSSR count). The molecule has 4 nitrogen and oxygen atoms in total. The molecule has 112 valence electrons. The zero-order valence-electron chi connectivity index (χ0n) is 13.5. The molecule has 0 aliphatic rings. The molecule has 0 saturated carbocycles. The molecule has 0 spiro atoms. The third kappa shape index (κ3) is 7.51. The van der Waals surface area contributed by atoms with Crippen LogP contribution >= 0.6 is 0 Å². The van der Waals surface area contributed by atoms with Gasteiger partial charge in [-0.3, -0.25) is 10.2 Å². The second-order valence-electron chi connectivity index (χ2n) is 5.91. The smallest absolute Gasteiger partial charge is 0.105 e. The molecule has 0 aliphatic carbocycles. The van der Waals surface area contributed by atoms with Crippen molar-refractivity contribution < 1.29 is 4.74 Å². The summed E-state index contributed by atoms with van der Waals surface area (Å²) >= 11 is 0. The van der Waals surface area contributed by atoms with E-state index in [2.05, 4.69) is 37.1 Å². The maximum absolute atomic E-state index is 9.35. The Labute approximate surface area is 119 Å². The van der Waals surface area contributed by atoms with Crippen LogP contribution in [0.25, 0.3) is 0 Å². The van der Waals surface area contributed by atoms with Crippen LogP contribution in [-0.2, 0) is 4.74 Å². The molecule has 2 unspecified atom stereocenters. The fraction of sp³-hybridized carbons (Fsp3) is 0.933. The molecule has 0 amide bonds. The molecule has 0 aromatic carbocycles. The van der Waals surface area contributed by atoms with E-state index in [1.165, 1.54) is 0 Å². The Balaban J connectivity index is 4.60. The third-order valence-corrected chi connectivity index (χ3v) is 3.32. The molecular weight excluding hydrogens is 238 g/mol. The Hall–Kier alpha value is -0.630. The van der Waals surface area contributed by atoms with E-state index in [0.717, 1.165) is 32.7 Å². The Morgan fingerprint density at radius 3 is 2.42 bits per heavy atom. The Morgan fingerprint density at radius 2 is 2.00 bits per heavy atom. The van der Waals surface area contributed by atoms with Gasteiger partial charge in [-0.05, 0) is 32.7 Å². The molecule has 0 aliphatic heterocycles. The summed E-state index contributed by atoms with van der Waals surface area (Å²) in [6.45, 7) is 14.2. The van der Waals surface area contributed by atoms with Crippen LogP contribution in [0, 0.1) is 17.2 Å². The van der Waals surface area contributed by atoms with Crippen molar-refractivity contribution in [3.8, 4) is 6.07 Å². The molecule has 0 bridgehead atoms. The summed E-state index contributed by atoms with van der Waals surface area (Å²) in [7, 11) is 1.73. The van der Waals surface area contributed by atoms with Gasteiger partial charge in [-0.25, -0.2) is 0 Å². The van der Waals surface area contributed by atoms with Crippen molar-refractivity contribution in [3.05, 3.63) is 0 Å². The van der Waals surface area contributed by atoms with Gasteiger partial charge < -0.3 is 4.74 Å². The number of hydrogen-bond acceptors (Lipinski definition) is 4. The Morgan fingerprint density at radius 1 is 1.37 bits per heavy atom. The SMILES string of the molecule is CCNC(C)(C#N)CC(C)N(CCOC)CC(C)C. The van der Waals surface area contributed by atoms with E-state index < -0.39 is 5.54 Å². The van der Waals surface area contributed by atoms with Gasteiger partial charge in [0.2, 0.25) is 0 Å². The summed E-state index contributed by atoms with van der Waals surface area (Å²) in [6.07, 6.45) is 0.827. The molecule has 0 aromatic heterocycles. The highest BCUT2D eigenvalue weighted by molar-refractivity contribution is 5.05. The van der Waals surface area contributed by atoms with Gasteiger partial charge in [0, 0.05) is 26.2 Å². The van der Waals surface area contributed by atoms with Gasteiger partial charge in [0.1, 0.15) is 5.54 Å². The largest absolute Gasteiger partial charge is 0.383 e. The highest BCUT2D eigenvalue weighted by Crippen LogP contribution is 2.17. The molecule has 0 heterocycles. The van der Waals surface area contributed by atoms with Gasteiger partial charge >= 0.3 is 0 Å². The lowest BCUT2D eigenvalue weighted by molar-refractivity contribution is 0.104. The molecule has 0 fully saturated rings. The monoisotopic (exact) mass is 269 g/mol. The van der Waals surface area contributed by atoms with Crippen LogP contribution in [0.4, 0.5) is 0 Å². The van der Waals surface area contributed by atoms with Crippen molar-refractivity contribution >= 4 is 0 Å². The average molecular weight is 269 g/mol. The van der Waals surface area contributed by atoms with Crippen LogP contribution in [0.1, 0.15) is 41.0 Å². The van der Waals surface area contributed by atoms with E-state index in [9.17, 15) is 5.26 Å². The van der Waals surface area contributed by atoms with Crippen LogP contribution < -0.4 is 5.32 Å². The highest BCUT2D eigenvalue weighted by Gasteiger charge is 2.28. The van der Waals surface area contributed by atoms with Crippen LogP contribution in [0.3, 0.4) is 0 Å². The lowest BCUT2D eigenvalue weighted by atomic mass is 9.94. The van der Waals surface area contributed by atoms with Gasteiger partial charge in [0.15, 0.2) is 0 Å². The predicted molar refractivity (Wildman–Crippen MR) is 80.1 cm³/mol. The van der Waals surface area contributed by atoms with E-state index in [-0.39, 0.29) is 0 Å². The van der Waals surface area contributed by atoms with Gasteiger partial charge in [-0.2, -0.15) is 5.26 Å². The topological polar surface area (TPSA) is 48.3 Å². The molecule has 0 radical (unpaired) electrons. The summed E-state index contributed by atoms with van der Waals surface area (Å²) in [5.41, 5.74) is -0.448. The number of ether oxygens (including phenoxy) is 1. The fourth-order valence-corrected chi connectivity index (χ4v) is 2.44. The zero-order valence-corrected chi connectivity index (χ0v) is 13.5. The number of hydrogen-bond donors (Lipinski definition) is 1. The summed E-state index contributed by atoms with van der Waals surface area (Å²) in [6, 6.07) is 2.77. The molecule has 19 heavy (non-hydrogen) atoms. The number of nitriles is 1. The second kappa shape index (κ2) is 9.30. The third-order valence-electron chi connectivity index (χ3n) is 3.32. The summed E-state index contributed by atoms with van der Waals surface area (Å²) < 4.78 is 5.19. The highest BCUT2D eigenvalue weighted by atomic mass is 16.5. The molecular formula is C15H31N3O. The summed E-state index contributed by atoms with van der Waals surface area (Å²) in [5, 5.41) is 12.6. The van der Waals surface area contributed by atoms with Gasteiger partial charge in [0.05, 0.1) is 12.7 Å². The average Bonchev–Trinajstić information content (AvgIpc) is 2.34. The fourth-order valence-electron chi connectivity index (χ4n) is 2.44. The minimum Gasteiger partial charge on any atom is -0.383 e. The summed E-state index contributed by atoms with van der Waals surface area (Å²) in [4.78, 5) is 2.42. The first-order chi connectivity index (χ1) is 8.88. The van der Waals surface area contributed by atoms with E-state index in [1.807, 2.05) is 13.8 Å². The van der Waals surface area contributed by atoms with E-state index in [4.69, 9.17) is 4.74 Å². The van der Waals surface area contributed by atoms with Crippen molar-refractivity contribution in [1.82, 2.24) is 10.2 Å². The van der Waals surface area contributed by atoms with Crippen molar-refractivity contribution in [2.45, 2.75) is 52.6 Å². The molecule has 4 heteroatoms. The quantitative estimate of drug-likeness (QED) is 0.661. The van der Waals surface area contributed by atoms with Crippen LogP contribution in [0.2, 0.25) is 0 Å². The maximum atomic E-state index is 9.35. The number of methoxy groups -OCH3 is 1. The van der Waals surface area contributed by atoms with E-state index >= 15 is 0 Å². The van der Waals surface area contributed by atoms with Crippen molar-refractivity contribution in [2.75, 3.05) is 33.4 Å². The normalized spacial score (nSPS) is 16.4. The minimum atomic E-state index is -0.448. The standard InChI is InChI=1S/C15H31N3O/c1-7-17-15(5,12-16)10-14(4)18(8-9-19-6)11-13(2)3/h13-14,17H,7-11H2,1-6H3. The van der Waals surface area contributed by atoms with Crippen molar-refractivity contribution in [3.63, 3.8) is 0 Å². The van der Waals surface area contributed by atoms with E-state index in [0.29, 0.717) is 12.0 Å². The van der Waals surface area contributed by atoms with Crippen molar-refractivity contribution in [2.24, 2.45) is 5.92 Å². The first kappa shape index (κ1) is 18.4. The number of nitrogens with zero attached hydrogens (tertiary/aromatic N) is 2. The van der Waals surface area contributed by atoms with Crippen LogP contribution in [0.15, 0.2) is 0 Å². The first-order valence-corrected chi connectivity index (χ1v) is 7.27. The van der Waals surface area contributed by atoms with E-state index in [1.54, 1.807) is 7.11 Å². The molecule has 0 saturated heterocycles. The van der Waals surface area contributed by atoms with Crippen LogP contribution in [-0.4, -0.2) is 49.8 Å². The van der Waals surface area contributed by atoms with Gasteiger partial charge in [-0.1, -0.05) is 20.8 Å². The second-order valence-corrected chi connectivity index (χ2v) is 5.91. The Kier molecular flexibility index (Phi) is 8.99. The predicted octanol–water partition coefficient (Wildman–Crippen LogP) is 2.26. The molecule has 1 N–H and O–H groups in total. The summed E-state index contributed by atoms with van der Waals surface area (Å²) in [5.74, 6) is 0.617.